The van der Waals surface area contributed by atoms with Crippen LogP contribution in [0.4, 0.5) is 5.69 Å². The molecule has 0 bridgehead atoms. The van der Waals surface area contributed by atoms with Gasteiger partial charge in [-0.3, -0.25) is 9.59 Å². The van der Waals surface area contributed by atoms with E-state index < -0.39 is 6.10 Å². The number of amides is 2. The lowest BCUT2D eigenvalue weighted by molar-refractivity contribution is -0.122. The molecule has 6 nitrogen and oxygen atoms in total. The molecule has 0 saturated carbocycles. The van der Waals surface area contributed by atoms with Gasteiger partial charge in [-0.05, 0) is 37.6 Å². The van der Waals surface area contributed by atoms with Gasteiger partial charge in [-0.25, -0.2) is 0 Å². The molecule has 2 aromatic rings. The average molecular weight is 368 g/mol. The van der Waals surface area contributed by atoms with Crippen molar-refractivity contribution in [3.05, 3.63) is 59.7 Å². The molecule has 1 N–H and O–H groups in total. The summed E-state index contributed by atoms with van der Waals surface area (Å²) < 4.78 is 11.1. The molecular weight excluding hydrogens is 344 g/mol. The lowest BCUT2D eigenvalue weighted by Gasteiger charge is -2.27. The number of aryl methyl sites for hydroxylation is 1. The number of rotatable bonds is 5. The Morgan fingerprint density at radius 3 is 2.48 bits per heavy atom. The van der Waals surface area contributed by atoms with Crippen molar-refractivity contribution in [3.8, 4) is 5.75 Å². The molecular formula is C21H24N2O4. The van der Waals surface area contributed by atoms with E-state index in [9.17, 15) is 9.59 Å². The van der Waals surface area contributed by atoms with Crippen LogP contribution >= 0.6 is 0 Å². The number of hydrogen-bond donors (Lipinski definition) is 1. The monoisotopic (exact) mass is 368 g/mol. The Labute approximate surface area is 159 Å². The highest BCUT2D eigenvalue weighted by molar-refractivity contribution is 6.04. The number of anilines is 1. The second-order valence-corrected chi connectivity index (χ2v) is 6.46. The summed E-state index contributed by atoms with van der Waals surface area (Å²) in [5, 5.41) is 2.83. The van der Waals surface area contributed by atoms with Crippen molar-refractivity contribution in [2.45, 2.75) is 20.0 Å². The zero-order valence-electron chi connectivity index (χ0n) is 15.6. The van der Waals surface area contributed by atoms with Gasteiger partial charge in [0.15, 0.2) is 6.10 Å². The number of carbonyl (C=O) groups is 2. The van der Waals surface area contributed by atoms with Crippen LogP contribution in [0, 0.1) is 6.92 Å². The number of nitrogens with one attached hydrogen (secondary N) is 1. The Bertz CT molecular complexity index is 815. The van der Waals surface area contributed by atoms with Crippen molar-refractivity contribution in [1.82, 2.24) is 4.90 Å². The van der Waals surface area contributed by atoms with E-state index in [-0.39, 0.29) is 11.8 Å². The minimum absolute atomic E-state index is 0.110. The SMILES string of the molecule is Cc1ccccc1OC(C)C(=O)Nc1ccccc1C(=O)N1CCOCC1. The van der Waals surface area contributed by atoms with Crippen molar-refractivity contribution in [2.75, 3.05) is 31.6 Å². The van der Waals surface area contributed by atoms with Crippen molar-refractivity contribution in [2.24, 2.45) is 0 Å². The molecule has 2 amide bonds. The van der Waals surface area contributed by atoms with E-state index in [2.05, 4.69) is 5.32 Å². The van der Waals surface area contributed by atoms with Gasteiger partial charge in [-0.2, -0.15) is 0 Å². The predicted octanol–water partition coefficient (Wildman–Crippen LogP) is 2.87. The molecule has 0 spiro atoms. The number of hydrogen-bond acceptors (Lipinski definition) is 4. The molecule has 1 saturated heterocycles. The van der Waals surface area contributed by atoms with E-state index in [0.29, 0.717) is 43.3 Å². The van der Waals surface area contributed by atoms with E-state index in [0.717, 1.165) is 5.56 Å². The summed E-state index contributed by atoms with van der Waals surface area (Å²) in [6, 6.07) is 14.6. The molecule has 0 aromatic heterocycles. The third-order valence-corrected chi connectivity index (χ3v) is 4.48. The number of benzene rings is 2. The van der Waals surface area contributed by atoms with Crippen molar-refractivity contribution in [3.63, 3.8) is 0 Å². The molecule has 1 unspecified atom stereocenters. The third-order valence-electron chi connectivity index (χ3n) is 4.48. The van der Waals surface area contributed by atoms with Crippen LogP contribution in [-0.2, 0) is 9.53 Å². The summed E-state index contributed by atoms with van der Waals surface area (Å²) in [5.74, 6) is 0.250. The Morgan fingerprint density at radius 1 is 1.07 bits per heavy atom. The molecule has 1 heterocycles. The summed E-state index contributed by atoms with van der Waals surface area (Å²) in [6.45, 7) is 5.77. The summed E-state index contributed by atoms with van der Waals surface area (Å²) in [7, 11) is 0. The molecule has 142 valence electrons. The fraction of sp³-hybridized carbons (Fsp3) is 0.333. The van der Waals surface area contributed by atoms with Crippen LogP contribution in [-0.4, -0.2) is 49.1 Å². The number of para-hydroxylation sites is 2. The van der Waals surface area contributed by atoms with Crippen molar-refractivity contribution < 1.29 is 19.1 Å². The summed E-state index contributed by atoms with van der Waals surface area (Å²) in [5.41, 5.74) is 1.91. The Kier molecular flexibility index (Phi) is 6.08. The lowest BCUT2D eigenvalue weighted by Crippen LogP contribution is -2.41. The number of morpholine rings is 1. The second kappa shape index (κ2) is 8.68. The zero-order valence-corrected chi connectivity index (χ0v) is 15.6. The van der Waals surface area contributed by atoms with Crippen LogP contribution in [0.1, 0.15) is 22.8 Å². The summed E-state index contributed by atoms with van der Waals surface area (Å²) in [6.07, 6.45) is -0.697. The first-order valence-electron chi connectivity index (χ1n) is 9.05. The molecule has 3 rings (SSSR count). The quantitative estimate of drug-likeness (QED) is 0.881. The third kappa shape index (κ3) is 4.65. The molecule has 6 heteroatoms. The van der Waals surface area contributed by atoms with Gasteiger partial charge in [-0.1, -0.05) is 30.3 Å². The Morgan fingerprint density at radius 2 is 1.74 bits per heavy atom. The standard InChI is InChI=1S/C21H24N2O4/c1-15-7-3-6-10-19(15)27-16(2)20(24)22-18-9-5-4-8-17(18)21(25)23-11-13-26-14-12-23/h3-10,16H,11-14H2,1-2H3,(H,22,24). The van der Waals surface area contributed by atoms with Crippen LogP contribution in [0.2, 0.25) is 0 Å². The average Bonchev–Trinajstić information content (AvgIpc) is 2.70. The number of ether oxygens (including phenoxy) is 2. The van der Waals surface area contributed by atoms with Gasteiger partial charge in [-0.15, -0.1) is 0 Å². The topological polar surface area (TPSA) is 67.9 Å². The van der Waals surface area contributed by atoms with Gasteiger partial charge in [0, 0.05) is 13.1 Å². The Balaban J connectivity index is 1.70. The van der Waals surface area contributed by atoms with Gasteiger partial charge in [0.05, 0.1) is 24.5 Å². The van der Waals surface area contributed by atoms with Gasteiger partial charge in [0.1, 0.15) is 5.75 Å². The molecule has 1 fully saturated rings. The summed E-state index contributed by atoms with van der Waals surface area (Å²) >= 11 is 0. The highest BCUT2D eigenvalue weighted by Crippen LogP contribution is 2.21. The zero-order chi connectivity index (χ0) is 19.2. The number of nitrogens with zero attached hydrogens (tertiary/aromatic N) is 1. The molecule has 27 heavy (non-hydrogen) atoms. The first kappa shape index (κ1) is 18.9. The van der Waals surface area contributed by atoms with Crippen LogP contribution < -0.4 is 10.1 Å². The smallest absolute Gasteiger partial charge is 0.265 e. The molecule has 1 aliphatic rings. The molecule has 0 aliphatic carbocycles. The fourth-order valence-corrected chi connectivity index (χ4v) is 2.88. The molecule has 2 aromatic carbocycles. The van der Waals surface area contributed by atoms with E-state index >= 15 is 0 Å². The minimum atomic E-state index is -0.697. The maximum absolute atomic E-state index is 12.8. The first-order chi connectivity index (χ1) is 13.1. The molecule has 0 radical (unpaired) electrons. The van der Waals surface area contributed by atoms with Crippen LogP contribution in [0.25, 0.3) is 0 Å². The van der Waals surface area contributed by atoms with E-state index in [4.69, 9.17) is 9.47 Å². The van der Waals surface area contributed by atoms with Crippen molar-refractivity contribution in [1.29, 1.82) is 0 Å². The van der Waals surface area contributed by atoms with E-state index in [1.54, 1.807) is 36.1 Å². The van der Waals surface area contributed by atoms with Gasteiger partial charge >= 0.3 is 0 Å². The normalized spacial score (nSPS) is 15.1. The van der Waals surface area contributed by atoms with Crippen LogP contribution in [0.5, 0.6) is 5.75 Å². The minimum Gasteiger partial charge on any atom is -0.481 e. The van der Waals surface area contributed by atoms with E-state index in [1.165, 1.54) is 0 Å². The Hall–Kier alpha value is -2.86. The van der Waals surface area contributed by atoms with Crippen molar-refractivity contribution >= 4 is 17.5 Å². The fourth-order valence-electron chi connectivity index (χ4n) is 2.88. The lowest BCUT2D eigenvalue weighted by atomic mass is 10.1. The maximum Gasteiger partial charge on any atom is 0.265 e. The highest BCUT2D eigenvalue weighted by Gasteiger charge is 2.23. The van der Waals surface area contributed by atoms with Gasteiger partial charge in [0.25, 0.3) is 11.8 Å². The largest absolute Gasteiger partial charge is 0.481 e. The predicted molar refractivity (Wildman–Crippen MR) is 103 cm³/mol. The summed E-state index contributed by atoms with van der Waals surface area (Å²) in [4.78, 5) is 27.1. The van der Waals surface area contributed by atoms with Crippen LogP contribution in [0.3, 0.4) is 0 Å². The highest BCUT2D eigenvalue weighted by atomic mass is 16.5. The van der Waals surface area contributed by atoms with Gasteiger partial charge in [0.2, 0.25) is 0 Å². The van der Waals surface area contributed by atoms with Gasteiger partial charge < -0.3 is 19.7 Å². The molecule has 1 atom stereocenters. The first-order valence-corrected chi connectivity index (χ1v) is 9.05. The molecule has 1 aliphatic heterocycles. The van der Waals surface area contributed by atoms with Crippen LogP contribution in [0.15, 0.2) is 48.5 Å². The van der Waals surface area contributed by atoms with E-state index in [1.807, 2.05) is 31.2 Å². The second-order valence-electron chi connectivity index (χ2n) is 6.46. The maximum atomic E-state index is 12.8. The number of carbonyl (C=O) groups excluding carboxylic acids is 2.